The number of benzene rings is 2. The molecule has 5 nitrogen and oxygen atoms in total. The molecule has 30 heavy (non-hydrogen) atoms. The van der Waals surface area contributed by atoms with Crippen LogP contribution in [0.5, 0.6) is 17.2 Å². The van der Waals surface area contributed by atoms with E-state index >= 15 is 0 Å². The van der Waals surface area contributed by atoms with Crippen LogP contribution in [0.4, 0.5) is 0 Å². The van der Waals surface area contributed by atoms with Crippen molar-refractivity contribution in [3.8, 4) is 17.2 Å². The largest absolute Gasteiger partial charge is 0.494 e. The normalized spacial score (nSPS) is 10.6. The van der Waals surface area contributed by atoms with Gasteiger partial charge in [-0.2, -0.15) is 0 Å². The van der Waals surface area contributed by atoms with Crippen LogP contribution in [0.15, 0.2) is 65.0 Å². The molecule has 0 radical (unpaired) electrons. The first kappa shape index (κ1) is 21.5. The van der Waals surface area contributed by atoms with Crippen molar-refractivity contribution in [2.24, 2.45) is 0 Å². The van der Waals surface area contributed by atoms with Crippen molar-refractivity contribution in [1.82, 2.24) is 4.98 Å². The number of allylic oxidation sites excluding steroid dienone is 1. The van der Waals surface area contributed by atoms with Gasteiger partial charge in [-0.1, -0.05) is 49.2 Å². The Morgan fingerprint density at radius 1 is 1.00 bits per heavy atom. The van der Waals surface area contributed by atoms with Crippen LogP contribution in [-0.2, 0) is 6.61 Å². The summed E-state index contributed by atoms with van der Waals surface area (Å²) < 4.78 is 17.7. The predicted molar refractivity (Wildman–Crippen MR) is 121 cm³/mol. The second-order valence-electron chi connectivity index (χ2n) is 7.39. The molecule has 1 N–H and O–H groups in total. The highest BCUT2D eigenvalue weighted by molar-refractivity contribution is 5.88. The zero-order valence-electron chi connectivity index (χ0n) is 17.9. The van der Waals surface area contributed by atoms with Crippen molar-refractivity contribution in [1.29, 1.82) is 0 Å². The number of ether oxygens (including phenoxy) is 3. The Balaban J connectivity index is 1.96. The molecule has 0 aliphatic carbocycles. The third-order valence-electron chi connectivity index (χ3n) is 4.61. The Morgan fingerprint density at radius 2 is 1.80 bits per heavy atom. The molecule has 1 aromatic heterocycles. The lowest BCUT2D eigenvalue weighted by molar-refractivity contribution is 0.276. The fraction of sp³-hybridized carbons (Fsp3) is 0.320. The molecule has 2 aromatic carbocycles. The van der Waals surface area contributed by atoms with Gasteiger partial charge in [-0.05, 0) is 44.0 Å². The zero-order chi connectivity index (χ0) is 21.3. The molecule has 1 heterocycles. The van der Waals surface area contributed by atoms with E-state index < -0.39 is 0 Å². The Bertz CT molecular complexity index is 1050. The molecular formula is C25H29NO4. The topological polar surface area (TPSA) is 60.6 Å². The second-order valence-corrected chi connectivity index (χ2v) is 7.39. The smallest absolute Gasteiger partial charge is 0.294 e. The minimum absolute atomic E-state index is 0.190. The molecule has 158 valence electrons. The lowest BCUT2D eigenvalue weighted by atomic mass is 10.1. The maximum Gasteiger partial charge on any atom is 0.294 e. The molecular weight excluding hydrogens is 378 g/mol. The first-order valence-electron chi connectivity index (χ1n) is 10.3. The highest BCUT2D eigenvalue weighted by Gasteiger charge is 2.16. The fourth-order valence-electron chi connectivity index (χ4n) is 2.95. The molecule has 0 aliphatic heterocycles. The molecule has 0 spiro atoms. The van der Waals surface area contributed by atoms with Crippen LogP contribution in [0.25, 0.3) is 10.9 Å². The summed E-state index contributed by atoms with van der Waals surface area (Å²) >= 11 is 0. The van der Waals surface area contributed by atoms with Crippen molar-refractivity contribution in [2.45, 2.75) is 40.2 Å². The third kappa shape index (κ3) is 5.66. The van der Waals surface area contributed by atoms with Crippen LogP contribution >= 0.6 is 0 Å². The van der Waals surface area contributed by atoms with Crippen molar-refractivity contribution in [2.75, 3.05) is 13.2 Å². The van der Waals surface area contributed by atoms with Gasteiger partial charge in [0.05, 0.1) is 12.1 Å². The van der Waals surface area contributed by atoms with Gasteiger partial charge in [0, 0.05) is 11.5 Å². The van der Waals surface area contributed by atoms with Crippen molar-refractivity contribution < 1.29 is 14.2 Å². The van der Waals surface area contributed by atoms with E-state index in [1.165, 1.54) is 0 Å². The Morgan fingerprint density at radius 3 is 2.53 bits per heavy atom. The van der Waals surface area contributed by atoms with Gasteiger partial charge in [0.2, 0.25) is 5.75 Å². The second kappa shape index (κ2) is 10.5. The summed E-state index contributed by atoms with van der Waals surface area (Å²) in [6.45, 7) is 7.38. The van der Waals surface area contributed by atoms with Gasteiger partial charge in [-0.15, -0.1) is 0 Å². The Kier molecular flexibility index (Phi) is 7.55. The SMILES string of the molecule is CCCCOc1ccc2c(OCc3ccccc3)c(OCC=C(C)C)c(=O)[nH]c2c1. The standard InChI is InChI=1S/C25H29NO4/c1-4-5-14-28-20-11-12-21-22(16-20)26-25(27)24(29-15-13-18(2)3)23(21)30-17-19-9-7-6-8-10-19/h6-13,16H,4-5,14-15,17H2,1-3H3,(H,26,27). The number of hydrogen-bond acceptors (Lipinski definition) is 4. The van der Waals surface area contributed by atoms with E-state index in [9.17, 15) is 4.79 Å². The fourth-order valence-corrected chi connectivity index (χ4v) is 2.95. The van der Waals surface area contributed by atoms with Crippen molar-refractivity contribution in [3.05, 3.63) is 76.1 Å². The molecule has 3 rings (SSSR count). The number of aromatic nitrogens is 1. The maximum atomic E-state index is 12.8. The van der Waals surface area contributed by atoms with Crippen LogP contribution in [0, 0.1) is 0 Å². The van der Waals surface area contributed by atoms with Crippen molar-refractivity contribution in [3.63, 3.8) is 0 Å². The summed E-state index contributed by atoms with van der Waals surface area (Å²) in [5.74, 6) is 1.36. The third-order valence-corrected chi connectivity index (χ3v) is 4.61. The summed E-state index contributed by atoms with van der Waals surface area (Å²) in [6.07, 6.45) is 3.97. The lowest BCUT2D eigenvalue weighted by Gasteiger charge is -2.15. The Labute approximate surface area is 177 Å². The summed E-state index contributed by atoms with van der Waals surface area (Å²) in [6, 6.07) is 15.5. The van der Waals surface area contributed by atoms with E-state index in [0.29, 0.717) is 31.1 Å². The molecule has 0 saturated carbocycles. The molecule has 3 aromatic rings. The van der Waals surface area contributed by atoms with Crippen LogP contribution in [0.3, 0.4) is 0 Å². The molecule has 0 bridgehead atoms. The number of pyridine rings is 1. The predicted octanol–water partition coefficient (Wildman–Crippen LogP) is 5.63. The van der Waals surface area contributed by atoms with E-state index in [4.69, 9.17) is 14.2 Å². The first-order chi connectivity index (χ1) is 14.6. The van der Waals surface area contributed by atoms with Gasteiger partial charge in [0.15, 0.2) is 5.75 Å². The van der Waals surface area contributed by atoms with E-state index in [2.05, 4.69) is 11.9 Å². The van der Waals surface area contributed by atoms with Gasteiger partial charge < -0.3 is 19.2 Å². The Hall–Kier alpha value is -3.21. The monoisotopic (exact) mass is 407 g/mol. The van der Waals surface area contributed by atoms with Gasteiger partial charge in [-0.3, -0.25) is 4.79 Å². The number of rotatable bonds is 10. The van der Waals surface area contributed by atoms with Crippen LogP contribution in [-0.4, -0.2) is 18.2 Å². The van der Waals surface area contributed by atoms with Crippen LogP contribution in [0.2, 0.25) is 0 Å². The van der Waals surface area contributed by atoms with Crippen LogP contribution < -0.4 is 19.8 Å². The van der Waals surface area contributed by atoms with E-state index in [0.717, 1.165) is 35.1 Å². The number of hydrogen-bond donors (Lipinski definition) is 1. The van der Waals surface area contributed by atoms with Gasteiger partial charge in [-0.25, -0.2) is 0 Å². The molecule has 0 saturated heterocycles. The number of aromatic amines is 1. The molecule has 0 amide bonds. The van der Waals surface area contributed by atoms with Gasteiger partial charge in [0.25, 0.3) is 5.56 Å². The first-order valence-corrected chi connectivity index (χ1v) is 10.3. The summed E-state index contributed by atoms with van der Waals surface area (Å²) in [4.78, 5) is 15.7. The number of unbranched alkanes of at least 4 members (excludes halogenated alkanes) is 1. The van der Waals surface area contributed by atoms with Gasteiger partial charge >= 0.3 is 0 Å². The zero-order valence-corrected chi connectivity index (χ0v) is 17.9. The summed E-state index contributed by atoms with van der Waals surface area (Å²) in [5.41, 5.74) is 2.47. The maximum absolute atomic E-state index is 12.8. The minimum atomic E-state index is -0.321. The quantitative estimate of drug-likeness (QED) is 0.349. The molecule has 0 aliphatic rings. The molecule has 0 atom stereocenters. The van der Waals surface area contributed by atoms with E-state index in [-0.39, 0.29) is 11.3 Å². The number of nitrogens with one attached hydrogen (secondary N) is 1. The van der Waals surface area contributed by atoms with E-state index in [1.54, 1.807) is 0 Å². The molecule has 5 heteroatoms. The van der Waals surface area contributed by atoms with Gasteiger partial charge in [0.1, 0.15) is 19.0 Å². The number of fused-ring (bicyclic) bond motifs is 1. The minimum Gasteiger partial charge on any atom is -0.494 e. The van der Waals surface area contributed by atoms with Crippen LogP contribution in [0.1, 0.15) is 39.2 Å². The van der Waals surface area contributed by atoms with Crippen molar-refractivity contribution >= 4 is 10.9 Å². The summed E-state index contributed by atoms with van der Waals surface area (Å²) in [7, 11) is 0. The summed E-state index contributed by atoms with van der Waals surface area (Å²) in [5, 5.41) is 0.778. The van der Waals surface area contributed by atoms with E-state index in [1.807, 2.05) is 68.5 Å². The lowest BCUT2D eigenvalue weighted by Crippen LogP contribution is -2.14. The number of H-pyrrole nitrogens is 1. The highest BCUT2D eigenvalue weighted by Crippen LogP contribution is 2.34. The molecule has 0 fully saturated rings. The highest BCUT2D eigenvalue weighted by atomic mass is 16.5. The average molecular weight is 408 g/mol. The average Bonchev–Trinajstić information content (AvgIpc) is 2.74. The molecule has 0 unspecified atom stereocenters.